The van der Waals surface area contributed by atoms with E-state index in [1.54, 1.807) is 0 Å². The van der Waals surface area contributed by atoms with Crippen molar-refractivity contribution in [3.05, 3.63) is 71.3 Å². The highest BCUT2D eigenvalue weighted by Crippen LogP contribution is 2.48. The molecule has 4 heteroatoms. The summed E-state index contributed by atoms with van der Waals surface area (Å²) in [5, 5.41) is 3.88. The Kier molecular flexibility index (Phi) is 6.11. The number of piperidine rings is 1. The quantitative estimate of drug-likeness (QED) is 0.648. The summed E-state index contributed by atoms with van der Waals surface area (Å²) in [6, 6.07) is 20.3. The Bertz CT molecular complexity index is 895. The Morgan fingerprint density at radius 3 is 2.35 bits per heavy atom. The summed E-state index contributed by atoms with van der Waals surface area (Å²) in [5.41, 5.74) is 3.96. The zero-order chi connectivity index (χ0) is 22.1. The number of hydrogen-bond acceptors (Lipinski definition) is 3. The van der Waals surface area contributed by atoms with E-state index >= 15 is 0 Å². The molecule has 4 rings (SSSR count). The lowest BCUT2D eigenvalue weighted by atomic mass is 9.63. The molecule has 2 aliphatic rings. The third-order valence-electron chi connectivity index (χ3n) is 6.94. The monoisotopic (exact) mass is 420 g/mol. The van der Waals surface area contributed by atoms with Gasteiger partial charge in [-0.05, 0) is 75.5 Å². The van der Waals surface area contributed by atoms with Gasteiger partial charge in [0.05, 0.1) is 0 Å². The molecule has 0 bridgehead atoms. The molecule has 1 amide bonds. The molecule has 1 heterocycles. The van der Waals surface area contributed by atoms with Crippen LogP contribution in [0.25, 0.3) is 0 Å². The number of hydrogen-bond donors (Lipinski definition) is 1. The van der Waals surface area contributed by atoms with Crippen molar-refractivity contribution in [1.82, 2.24) is 10.2 Å². The third kappa shape index (κ3) is 4.79. The second kappa shape index (κ2) is 8.66. The van der Waals surface area contributed by atoms with E-state index in [0.717, 1.165) is 38.8 Å². The van der Waals surface area contributed by atoms with Gasteiger partial charge in [-0.1, -0.05) is 54.6 Å². The van der Waals surface area contributed by atoms with Crippen molar-refractivity contribution in [1.29, 1.82) is 0 Å². The molecule has 166 valence electrons. The van der Waals surface area contributed by atoms with Gasteiger partial charge in [0, 0.05) is 25.2 Å². The lowest BCUT2D eigenvalue weighted by molar-refractivity contribution is 0.0150. The highest BCUT2D eigenvalue weighted by molar-refractivity contribution is 5.68. The maximum atomic E-state index is 12.5. The number of ether oxygens (including phenoxy) is 1. The maximum Gasteiger partial charge on any atom is 0.410 e. The standard InChI is InChI=1S/C27H36N2O2/c1-20(21-10-6-5-7-11-21)28-24-14-15-27(23-13-9-8-12-22(23)24)16-18-29(19-17-27)25(30)31-26(2,3)4/h5-13,20,24,28H,14-19H2,1-4H3/t20-,24-/m0/s1. The minimum absolute atomic E-state index is 0.170. The molecule has 1 saturated heterocycles. The molecule has 0 saturated carbocycles. The van der Waals surface area contributed by atoms with E-state index in [0.29, 0.717) is 12.1 Å². The molecule has 1 aliphatic carbocycles. The third-order valence-corrected chi connectivity index (χ3v) is 6.94. The zero-order valence-electron chi connectivity index (χ0n) is 19.4. The number of fused-ring (bicyclic) bond motifs is 2. The van der Waals surface area contributed by atoms with Crippen LogP contribution in [0.15, 0.2) is 54.6 Å². The molecule has 2 aromatic carbocycles. The molecular weight excluding hydrogens is 384 g/mol. The first-order valence-electron chi connectivity index (χ1n) is 11.7. The summed E-state index contributed by atoms with van der Waals surface area (Å²) in [6.45, 7) is 9.57. The number of benzene rings is 2. The van der Waals surface area contributed by atoms with Crippen LogP contribution in [0.3, 0.4) is 0 Å². The number of carbonyl (C=O) groups is 1. The predicted octanol–water partition coefficient (Wildman–Crippen LogP) is 6.14. The van der Waals surface area contributed by atoms with Crippen molar-refractivity contribution in [3.63, 3.8) is 0 Å². The van der Waals surface area contributed by atoms with E-state index in [1.165, 1.54) is 16.7 Å². The molecule has 1 N–H and O–H groups in total. The van der Waals surface area contributed by atoms with Crippen molar-refractivity contribution < 1.29 is 9.53 Å². The average Bonchev–Trinajstić information content (AvgIpc) is 2.76. The Morgan fingerprint density at radius 2 is 1.68 bits per heavy atom. The van der Waals surface area contributed by atoms with Gasteiger partial charge in [0.2, 0.25) is 0 Å². The van der Waals surface area contributed by atoms with Crippen LogP contribution in [-0.2, 0) is 10.2 Å². The van der Waals surface area contributed by atoms with Gasteiger partial charge in [0.25, 0.3) is 0 Å². The van der Waals surface area contributed by atoms with E-state index < -0.39 is 5.60 Å². The van der Waals surface area contributed by atoms with Crippen molar-refractivity contribution in [2.45, 2.75) is 76.5 Å². The maximum absolute atomic E-state index is 12.5. The molecule has 31 heavy (non-hydrogen) atoms. The summed E-state index contributed by atoms with van der Waals surface area (Å²) in [7, 11) is 0. The first kappa shape index (κ1) is 21.9. The van der Waals surface area contributed by atoms with Crippen LogP contribution in [0, 0.1) is 0 Å². The fraction of sp³-hybridized carbons (Fsp3) is 0.519. The van der Waals surface area contributed by atoms with Crippen LogP contribution in [0.1, 0.15) is 82.2 Å². The van der Waals surface area contributed by atoms with Gasteiger partial charge in [-0.2, -0.15) is 0 Å². The Labute approximate surface area is 187 Å². The second-order valence-corrected chi connectivity index (χ2v) is 10.2. The van der Waals surface area contributed by atoms with Crippen LogP contribution < -0.4 is 5.32 Å². The fourth-order valence-electron chi connectivity index (χ4n) is 5.27. The van der Waals surface area contributed by atoms with Crippen LogP contribution in [0.2, 0.25) is 0 Å². The highest BCUT2D eigenvalue weighted by atomic mass is 16.6. The number of likely N-dealkylation sites (tertiary alicyclic amines) is 1. The predicted molar refractivity (Wildman–Crippen MR) is 125 cm³/mol. The molecule has 0 aromatic heterocycles. The number of amides is 1. The van der Waals surface area contributed by atoms with Gasteiger partial charge >= 0.3 is 6.09 Å². The lowest BCUT2D eigenvalue weighted by Gasteiger charge is -2.47. The van der Waals surface area contributed by atoms with Gasteiger partial charge in [-0.3, -0.25) is 0 Å². The summed E-state index contributed by atoms with van der Waals surface area (Å²) in [4.78, 5) is 14.4. The second-order valence-electron chi connectivity index (χ2n) is 10.2. The van der Waals surface area contributed by atoms with Gasteiger partial charge in [-0.25, -0.2) is 4.79 Å². The van der Waals surface area contributed by atoms with Crippen LogP contribution in [-0.4, -0.2) is 29.7 Å². The van der Waals surface area contributed by atoms with Gasteiger partial charge in [-0.15, -0.1) is 0 Å². The van der Waals surface area contributed by atoms with E-state index in [-0.39, 0.29) is 11.5 Å². The van der Waals surface area contributed by atoms with E-state index in [2.05, 4.69) is 66.8 Å². The Hall–Kier alpha value is -2.33. The molecule has 1 spiro atoms. The van der Waals surface area contributed by atoms with Crippen LogP contribution >= 0.6 is 0 Å². The first-order valence-corrected chi connectivity index (χ1v) is 11.7. The van der Waals surface area contributed by atoms with Gasteiger partial charge in [0.1, 0.15) is 5.60 Å². The Morgan fingerprint density at radius 1 is 1.03 bits per heavy atom. The summed E-state index contributed by atoms with van der Waals surface area (Å²) in [5.74, 6) is 0. The number of rotatable bonds is 3. The van der Waals surface area contributed by atoms with E-state index in [1.807, 2.05) is 25.7 Å². The average molecular weight is 421 g/mol. The minimum Gasteiger partial charge on any atom is -0.444 e. The SMILES string of the molecule is C[C@H](N[C@H]1CCC2(CCN(C(=O)OC(C)(C)C)CC2)c2ccccc21)c1ccccc1. The van der Waals surface area contributed by atoms with Crippen molar-refractivity contribution in [2.24, 2.45) is 0 Å². The summed E-state index contributed by atoms with van der Waals surface area (Å²) >= 11 is 0. The molecule has 0 radical (unpaired) electrons. The minimum atomic E-state index is -0.446. The van der Waals surface area contributed by atoms with Crippen molar-refractivity contribution in [2.75, 3.05) is 13.1 Å². The molecule has 2 atom stereocenters. The molecule has 1 fully saturated rings. The summed E-state index contributed by atoms with van der Waals surface area (Å²) in [6.07, 6.45) is 4.11. The number of nitrogens with zero attached hydrogens (tertiary/aromatic N) is 1. The number of carbonyl (C=O) groups excluding carboxylic acids is 1. The topological polar surface area (TPSA) is 41.6 Å². The van der Waals surface area contributed by atoms with E-state index in [4.69, 9.17) is 4.74 Å². The number of nitrogens with one attached hydrogen (secondary N) is 1. The highest BCUT2D eigenvalue weighted by Gasteiger charge is 2.43. The first-order chi connectivity index (χ1) is 14.8. The largest absolute Gasteiger partial charge is 0.444 e. The van der Waals surface area contributed by atoms with Crippen molar-refractivity contribution >= 4 is 6.09 Å². The lowest BCUT2D eigenvalue weighted by Crippen LogP contribution is -2.48. The van der Waals surface area contributed by atoms with E-state index in [9.17, 15) is 4.79 Å². The smallest absolute Gasteiger partial charge is 0.410 e. The Balaban J connectivity index is 1.48. The molecule has 0 unspecified atom stereocenters. The molecule has 4 nitrogen and oxygen atoms in total. The normalized spacial score (nSPS) is 21.4. The van der Waals surface area contributed by atoms with Gasteiger partial charge in [0.15, 0.2) is 0 Å². The van der Waals surface area contributed by atoms with Crippen LogP contribution in [0.4, 0.5) is 4.79 Å². The fourth-order valence-corrected chi connectivity index (χ4v) is 5.27. The van der Waals surface area contributed by atoms with Crippen molar-refractivity contribution in [3.8, 4) is 0 Å². The molecular formula is C27H36N2O2. The summed E-state index contributed by atoms with van der Waals surface area (Å²) < 4.78 is 5.60. The van der Waals surface area contributed by atoms with Crippen LogP contribution in [0.5, 0.6) is 0 Å². The molecule has 1 aliphatic heterocycles. The zero-order valence-corrected chi connectivity index (χ0v) is 19.4. The van der Waals surface area contributed by atoms with Gasteiger partial charge < -0.3 is 15.0 Å². The molecule has 2 aromatic rings.